The Morgan fingerprint density at radius 3 is 2.40 bits per heavy atom. The van der Waals surface area contributed by atoms with Crippen LogP contribution in [0.2, 0.25) is 0 Å². The average molecular weight is 338 g/mol. The first-order valence-electron chi connectivity index (χ1n) is 7.59. The Kier molecular flexibility index (Phi) is 4.56. The Labute approximate surface area is 143 Å². The Morgan fingerprint density at radius 1 is 1.12 bits per heavy atom. The van der Waals surface area contributed by atoms with Crippen LogP contribution in [0.1, 0.15) is 17.5 Å². The molecule has 0 spiro atoms. The Balaban J connectivity index is 2.13. The molecule has 1 aromatic heterocycles. The Morgan fingerprint density at radius 2 is 1.80 bits per heavy atom. The van der Waals surface area contributed by atoms with Crippen molar-refractivity contribution in [2.45, 2.75) is 6.92 Å². The number of rotatable bonds is 5. The summed E-state index contributed by atoms with van der Waals surface area (Å²) in [6.45, 7) is 1.91. The third kappa shape index (κ3) is 3.25. The van der Waals surface area contributed by atoms with Crippen molar-refractivity contribution in [2.75, 3.05) is 6.61 Å². The normalized spacial score (nSPS) is 10.4. The van der Waals surface area contributed by atoms with Gasteiger partial charge in [0.25, 0.3) is 11.4 Å². The van der Waals surface area contributed by atoms with Crippen LogP contribution < -0.4 is 0 Å². The van der Waals surface area contributed by atoms with Gasteiger partial charge >= 0.3 is 5.97 Å². The van der Waals surface area contributed by atoms with Crippen molar-refractivity contribution in [3.05, 3.63) is 70.5 Å². The van der Waals surface area contributed by atoms with Crippen molar-refractivity contribution < 1.29 is 19.0 Å². The highest BCUT2D eigenvalue weighted by Gasteiger charge is 2.25. The predicted octanol–water partition coefficient (Wildman–Crippen LogP) is 4.09. The molecule has 0 aliphatic heterocycles. The fraction of sp³-hybridized carbons (Fsp3) is 0.111. The molecule has 7 heteroatoms. The molecule has 2 aromatic carbocycles. The number of esters is 1. The van der Waals surface area contributed by atoms with Gasteiger partial charge in [0.2, 0.25) is 0 Å². The van der Waals surface area contributed by atoms with Crippen molar-refractivity contribution in [1.29, 1.82) is 0 Å². The van der Waals surface area contributed by atoms with Gasteiger partial charge in [-0.25, -0.2) is 4.79 Å². The lowest BCUT2D eigenvalue weighted by Crippen LogP contribution is -2.04. The van der Waals surface area contributed by atoms with Crippen LogP contribution in [0.15, 0.2) is 59.1 Å². The van der Waals surface area contributed by atoms with Crippen molar-refractivity contribution in [1.82, 2.24) is 5.16 Å². The Hall–Kier alpha value is -3.48. The molecule has 0 saturated carbocycles. The summed E-state index contributed by atoms with van der Waals surface area (Å²) in [5.41, 5.74) is 2.22. The van der Waals surface area contributed by atoms with Gasteiger partial charge in [0.15, 0.2) is 0 Å². The highest BCUT2D eigenvalue weighted by molar-refractivity contribution is 5.98. The van der Waals surface area contributed by atoms with Crippen LogP contribution in [0, 0.1) is 10.1 Å². The van der Waals surface area contributed by atoms with E-state index in [4.69, 9.17) is 9.26 Å². The third-order valence-electron chi connectivity index (χ3n) is 3.57. The fourth-order valence-electron chi connectivity index (χ4n) is 2.44. The fourth-order valence-corrected chi connectivity index (χ4v) is 2.44. The number of benzene rings is 2. The van der Waals surface area contributed by atoms with Gasteiger partial charge in [0.05, 0.1) is 17.1 Å². The second-order valence-electron chi connectivity index (χ2n) is 5.13. The lowest BCUT2D eigenvalue weighted by molar-refractivity contribution is -0.384. The Bertz CT molecular complexity index is 901. The van der Waals surface area contributed by atoms with E-state index in [1.807, 2.05) is 30.3 Å². The van der Waals surface area contributed by atoms with E-state index in [2.05, 4.69) is 5.16 Å². The average Bonchev–Trinajstić information content (AvgIpc) is 3.08. The van der Waals surface area contributed by atoms with Gasteiger partial charge in [0.1, 0.15) is 5.69 Å². The molecule has 0 bridgehead atoms. The molecular weight excluding hydrogens is 324 g/mol. The van der Waals surface area contributed by atoms with Crippen LogP contribution in [-0.4, -0.2) is 22.7 Å². The van der Waals surface area contributed by atoms with E-state index in [9.17, 15) is 14.9 Å². The first-order valence-corrected chi connectivity index (χ1v) is 7.59. The molecule has 0 fully saturated rings. The molecular formula is C18H14N2O5. The summed E-state index contributed by atoms with van der Waals surface area (Å²) in [7, 11) is 0. The number of hydrogen-bond acceptors (Lipinski definition) is 6. The number of nitro benzene ring substituents is 1. The number of non-ortho nitro benzene ring substituents is 1. The zero-order valence-corrected chi connectivity index (χ0v) is 13.3. The summed E-state index contributed by atoms with van der Waals surface area (Å²) in [6.07, 6.45) is 0. The van der Waals surface area contributed by atoms with Crippen LogP contribution >= 0.6 is 0 Å². The van der Waals surface area contributed by atoms with Gasteiger partial charge in [-0.2, -0.15) is 0 Å². The maximum absolute atomic E-state index is 12.2. The summed E-state index contributed by atoms with van der Waals surface area (Å²) < 4.78 is 10.3. The molecule has 3 aromatic rings. The van der Waals surface area contributed by atoms with Crippen LogP contribution in [-0.2, 0) is 4.74 Å². The predicted molar refractivity (Wildman–Crippen MR) is 90.0 cm³/mol. The van der Waals surface area contributed by atoms with E-state index in [-0.39, 0.29) is 18.1 Å². The number of carbonyl (C=O) groups is 1. The number of nitrogens with zero attached hydrogens (tertiary/aromatic N) is 2. The van der Waals surface area contributed by atoms with Crippen LogP contribution in [0.4, 0.5) is 5.69 Å². The molecule has 0 aliphatic carbocycles. The summed E-state index contributed by atoms with van der Waals surface area (Å²) in [5, 5.41) is 14.8. The zero-order valence-electron chi connectivity index (χ0n) is 13.3. The highest BCUT2D eigenvalue weighted by Crippen LogP contribution is 2.35. The molecule has 25 heavy (non-hydrogen) atoms. The topological polar surface area (TPSA) is 95.5 Å². The molecule has 1 heterocycles. The number of carbonyl (C=O) groups excluding carboxylic acids is 1. The minimum Gasteiger partial charge on any atom is -0.460 e. The highest BCUT2D eigenvalue weighted by atomic mass is 16.6. The monoisotopic (exact) mass is 338 g/mol. The standard InChI is InChI=1S/C18H14N2O5/c1-2-24-18(21)17-15(12-6-4-3-5-7-12)16(19-25-17)13-8-10-14(11-9-13)20(22)23/h3-11H,2H2,1H3. The van der Waals surface area contributed by atoms with E-state index in [1.165, 1.54) is 12.1 Å². The smallest absolute Gasteiger partial charge is 0.377 e. The minimum absolute atomic E-state index is 0.00130. The summed E-state index contributed by atoms with van der Waals surface area (Å²) in [5.74, 6) is -0.608. The van der Waals surface area contributed by atoms with Crippen LogP contribution in [0.3, 0.4) is 0 Å². The summed E-state index contributed by atoms with van der Waals surface area (Å²) in [4.78, 5) is 22.5. The molecule has 3 rings (SSSR count). The number of ether oxygens (including phenoxy) is 1. The lowest BCUT2D eigenvalue weighted by atomic mass is 9.99. The zero-order chi connectivity index (χ0) is 17.8. The lowest BCUT2D eigenvalue weighted by Gasteiger charge is -2.04. The van der Waals surface area contributed by atoms with E-state index >= 15 is 0 Å². The molecule has 7 nitrogen and oxygen atoms in total. The molecule has 0 radical (unpaired) electrons. The minimum atomic E-state index is -0.609. The van der Waals surface area contributed by atoms with Crippen molar-refractivity contribution >= 4 is 11.7 Å². The number of aromatic nitrogens is 1. The van der Waals surface area contributed by atoms with Crippen molar-refractivity contribution in [3.8, 4) is 22.4 Å². The van der Waals surface area contributed by atoms with E-state index in [0.29, 0.717) is 16.8 Å². The van der Waals surface area contributed by atoms with Gasteiger partial charge in [-0.05, 0) is 24.6 Å². The van der Waals surface area contributed by atoms with Gasteiger partial charge in [0, 0.05) is 17.7 Å². The number of nitro groups is 1. The van der Waals surface area contributed by atoms with E-state index in [1.54, 1.807) is 19.1 Å². The van der Waals surface area contributed by atoms with Gasteiger partial charge in [-0.3, -0.25) is 10.1 Å². The third-order valence-corrected chi connectivity index (χ3v) is 3.57. The van der Waals surface area contributed by atoms with Crippen molar-refractivity contribution in [3.63, 3.8) is 0 Å². The van der Waals surface area contributed by atoms with E-state index in [0.717, 1.165) is 5.56 Å². The molecule has 0 atom stereocenters. The second kappa shape index (κ2) is 6.96. The quantitative estimate of drug-likeness (QED) is 0.395. The summed E-state index contributed by atoms with van der Waals surface area (Å²) in [6, 6.07) is 15.1. The van der Waals surface area contributed by atoms with Crippen molar-refractivity contribution in [2.24, 2.45) is 0 Å². The SMILES string of the molecule is CCOC(=O)c1onc(-c2ccc([N+](=O)[O-])cc2)c1-c1ccccc1. The maximum Gasteiger partial charge on any atom is 0.377 e. The number of hydrogen-bond donors (Lipinski definition) is 0. The molecule has 0 aliphatic rings. The van der Waals surface area contributed by atoms with Crippen LogP contribution in [0.25, 0.3) is 22.4 Å². The molecule has 0 N–H and O–H groups in total. The molecule has 0 saturated heterocycles. The van der Waals surface area contributed by atoms with Gasteiger partial charge in [-0.1, -0.05) is 35.5 Å². The molecule has 0 amide bonds. The molecule has 126 valence electrons. The van der Waals surface area contributed by atoms with Gasteiger partial charge in [-0.15, -0.1) is 0 Å². The first-order chi connectivity index (χ1) is 12.1. The molecule has 0 unspecified atom stereocenters. The summed E-state index contributed by atoms with van der Waals surface area (Å²) >= 11 is 0. The second-order valence-corrected chi connectivity index (χ2v) is 5.13. The van der Waals surface area contributed by atoms with Gasteiger partial charge < -0.3 is 9.26 Å². The largest absolute Gasteiger partial charge is 0.460 e. The van der Waals surface area contributed by atoms with E-state index < -0.39 is 10.9 Å². The van der Waals surface area contributed by atoms with Crippen LogP contribution in [0.5, 0.6) is 0 Å². The maximum atomic E-state index is 12.2. The first kappa shape index (κ1) is 16.4.